The summed E-state index contributed by atoms with van der Waals surface area (Å²) in [5.74, 6) is 0.223. The van der Waals surface area contributed by atoms with Crippen molar-refractivity contribution in [1.82, 2.24) is 9.38 Å². The largest absolute Gasteiger partial charge is 0.486 e. The second kappa shape index (κ2) is 6.18. The molecule has 2 heterocycles. The fourth-order valence-electron chi connectivity index (χ4n) is 1.71. The summed E-state index contributed by atoms with van der Waals surface area (Å²) in [4.78, 5) is 4.14. The summed E-state index contributed by atoms with van der Waals surface area (Å²) in [5.41, 5.74) is 10.7. The molecule has 22 heavy (non-hydrogen) atoms. The van der Waals surface area contributed by atoms with Crippen molar-refractivity contribution in [2.75, 3.05) is 0 Å². The predicted octanol–water partition coefficient (Wildman–Crippen LogP) is 2.71. The number of imidazole rings is 1. The number of nitrogens with zero attached hydrogens (tertiary/aromatic N) is 2. The Bertz CT molecular complexity index is 732. The molecule has 0 saturated carbocycles. The quantitative estimate of drug-likeness (QED) is 0.512. The summed E-state index contributed by atoms with van der Waals surface area (Å²) < 4.78 is 44.5. The fourth-order valence-corrected chi connectivity index (χ4v) is 1.82. The molecule has 0 saturated heterocycles. The Hall–Kier alpha value is -2.35. The highest BCUT2D eigenvalue weighted by molar-refractivity contribution is 6.29. The molecular weight excluding hydrogens is 321 g/mol. The molecule has 0 amide bonds. The number of pyridine rings is 1. The predicted molar refractivity (Wildman–Crippen MR) is 75.4 cm³/mol. The number of hydrogen-bond acceptors (Lipinski definition) is 4. The van der Waals surface area contributed by atoms with E-state index in [0.29, 0.717) is 11.3 Å². The number of fused-ring (bicyclic) bond motifs is 1. The topological polar surface area (TPSA) is 78.6 Å². The van der Waals surface area contributed by atoms with Crippen LogP contribution in [0.15, 0.2) is 47.7 Å². The zero-order chi connectivity index (χ0) is 16.3. The second-order valence-electron chi connectivity index (χ2n) is 4.30. The number of ether oxygens (including phenoxy) is 1. The smallest absolute Gasteiger partial charge is 0.417 e. The van der Waals surface area contributed by atoms with E-state index in [-0.39, 0.29) is 17.5 Å². The van der Waals surface area contributed by atoms with Gasteiger partial charge in [-0.05, 0) is 12.1 Å². The van der Waals surface area contributed by atoms with Crippen molar-refractivity contribution in [2.45, 2.75) is 12.8 Å². The van der Waals surface area contributed by atoms with Gasteiger partial charge in [0.05, 0.1) is 11.3 Å². The summed E-state index contributed by atoms with van der Waals surface area (Å²) >= 11 is 5.49. The normalized spacial score (nSPS) is 13.6. The van der Waals surface area contributed by atoms with Gasteiger partial charge in [0, 0.05) is 24.7 Å². The minimum Gasteiger partial charge on any atom is -0.486 e. The van der Waals surface area contributed by atoms with Crippen molar-refractivity contribution in [3.8, 4) is 0 Å². The Morgan fingerprint density at radius 3 is 2.68 bits per heavy atom. The van der Waals surface area contributed by atoms with Crippen LogP contribution in [0, 0.1) is 0 Å². The highest BCUT2D eigenvalue weighted by Crippen LogP contribution is 2.29. The lowest BCUT2D eigenvalue weighted by Gasteiger charge is -2.05. The lowest BCUT2D eigenvalue weighted by atomic mass is 10.3. The molecule has 118 valence electrons. The Labute approximate surface area is 128 Å². The molecule has 0 spiro atoms. The molecule has 0 aliphatic rings. The molecule has 0 aromatic carbocycles. The van der Waals surface area contributed by atoms with E-state index in [0.717, 1.165) is 18.5 Å². The van der Waals surface area contributed by atoms with Crippen molar-refractivity contribution >= 4 is 17.2 Å². The van der Waals surface area contributed by atoms with Crippen LogP contribution in [0.25, 0.3) is 5.65 Å². The average molecular weight is 333 g/mol. The Kier molecular flexibility index (Phi) is 4.51. The lowest BCUT2D eigenvalue weighted by molar-refractivity contribution is -0.137. The van der Waals surface area contributed by atoms with E-state index >= 15 is 0 Å². The molecule has 0 bridgehead atoms. The van der Waals surface area contributed by atoms with Gasteiger partial charge < -0.3 is 20.6 Å². The number of rotatable bonds is 4. The molecule has 0 aliphatic carbocycles. The molecule has 0 radical (unpaired) electrons. The maximum atomic E-state index is 12.6. The van der Waals surface area contributed by atoms with E-state index in [1.165, 1.54) is 22.7 Å². The molecule has 2 rings (SSSR count). The number of allylic oxidation sites excluding steroid dienone is 1. The molecule has 2 aromatic heterocycles. The maximum absolute atomic E-state index is 12.6. The van der Waals surface area contributed by atoms with Crippen molar-refractivity contribution in [1.29, 1.82) is 0 Å². The van der Waals surface area contributed by atoms with Gasteiger partial charge in [0.1, 0.15) is 23.2 Å². The van der Waals surface area contributed by atoms with Crippen molar-refractivity contribution in [3.63, 3.8) is 0 Å². The highest BCUT2D eigenvalue weighted by atomic mass is 35.5. The second-order valence-corrected chi connectivity index (χ2v) is 4.74. The standard InChI is InChI=1S/C13H12ClF3N4O/c14-11(19)3-10(4-18)22-7-9-6-21-5-8(13(15,16)17)1-2-12(21)20-9/h1-6H,7,18-19H2/b10-4+,11-3-. The summed E-state index contributed by atoms with van der Waals surface area (Å²) in [6, 6.07) is 2.25. The van der Waals surface area contributed by atoms with Gasteiger partial charge in [-0.2, -0.15) is 13.2 Å². The van der Waals surface area contributed by atoms with Crippen LogP contribution in [0.4, 0.5) is 13.2 Å². The van der Waals surface area contributed by atoms with Gasteiger partial charge in [-0.1, -0.05) is 11.6 Å². The van der Waals surface area contributed by atoms with Gasteiger partial charge >= 0.3 is 6.18 Å². The third kappa shape index (κ3) is 3.85. The van der Waals surface area contributed by atoms with Crippen LogP contribution in [-0.2, 0) is 17.5 Å². The summed E-state index contributed by atoms with van der Waals surface area (Å²) in [6.45, 7) is 0.00668. The minimum absolute atomic E-state index is 0.00668. The van der Waals surface area contributed by atoms with Gasteiger partial charge in [0.25, 0.3) is 0 Å². The summed E-state index contributed by atoms with van der Waals surface area (Å²) in [5, 5.41) is -0.0125. The first kappa shape index (κ1) is 16.0. The lowest BCUT2D eigenvalue weighted by Crippen LogP contribution is -2.05. The van der Waals surface area contributed by atoms with Crippen LogP contribution >= 0.6 is 11.6 Å². The Morgan fingerprint density at radius 2 is 2.09 bits per heavy atom. The first-order chi connectivity index (χ1) is 10.3. The Balaban J connectivity index is 2.18. The van der Waals surface area contributed by atoms with Gasteiger partial charge in [0.15, 0.2) is 0 Å². The molecule has 0 atom stereocenters. The molecule has 2 aromatic rings. The van der Waals surface area contributed by atoms with Crippen LogP contribution in [0.3, 0.4) is 0 Å². The zero-order valence-corrected chi connectivity index (χ0v) is 11.9. The third-order valence-corrected chi connectivity index (χ3v) is 2.77. The van der Waals surface area contributed by atoms with E-state index in [1.54, 1.807) is 0 Å². The molecule has 0 fully saturated rings. The molecule has 0 unspecified atom stereocenters. The summed E-state index contributed by atoms with van der Waals surface area (Å²) in [6.07, 6.45) is 0.452. The monoisotopic (exact) mass is 332 g/mol. The van der Waals surface area contributed by atoms with Crippen LogP contribution in [0.5, 0.6) is 0 Å². The number of halogens is 4. The average Bonchev–Trinajstić information content (AvgIpc) is 2.83. The molecule has 4 N–H and O–H groups in total. The van der Waals surface area contributed by atoms with Crippen LogP contribution in [0.2, 0.25) is 0 Å². The third-order valence-electron chi connectivity index (χ3n) is 2.66. The SMILES string of the molecule is N/C=C(\C=C(/N)Cl)OCc1cn2cc(C(F)(F)F)ccc2n1. The van der Waals surface area contributed by atoms with E-state index in [4.69, 9.17) is 27.8 Å². The molecule has 5 nitrogen and oxygen atoms in total. The molecule has 0 aliphatic heterocycles. The van der Waals surface area contributed by atoms with E-state index in [1.807, 2.05) is 0 Å². The van der Waals surface area contributed by atoms with E-state index < -0.39 is 11.7 Å². The molecular formula is C13H12ClF3N4O. The van der Waals surface area contributed by atoms with Crippen molar-refractivity contribution in [3.05, 3.63) is 59.0 Å². The number of hydrogen-bond donors (Lipinski definition) is 2. The molecule has 9 heteroatoms. The zero-order valence-electron chi connectivity index (χ0n) is 11.1. The first-order valence-corrected chi connectivity index (χ1v) is 6.39. The highest BCUT2D eigenvalue weighted by Gasteiger charge is 2.30. The van der Waals surface area contributed by atoms with Gasteiger partial charge in [0.2, 0.25) is 0 Å². The van der Waals surface area contributed by atoms with Gasteiger partial charge in [-0.25, -0.2) is 4.98 Å². The van der Waals surface area contributed by atoms with Crippen LogP contribution < -0.4 is 11.5 Å². The van der Waals surface area contributed by atoms with Crippen molar-refractivity contribution in [2.24, 2.45) is 11.5 Å². The summed E-state index contributed by atoms with van der Waals surface area (Å²) in [7, 11) is 0. The first-order valence-electron chi connectivity index (χ1n) is 6.02. The van der Waals surface area contributed by atoms with Crippen LogP contribution in [-0.4, -0.2) is 9.38 Å². The number of aromatic nitrogens is 2. The van der Waals surface area contributed by atoms with E-state index in [9.17, 15) is 13.2 Å². The van der Waals surface area contributed by atoms with Crippen molar-refractivity contribution < 1.29 is 17.9 Å². The van der Waals surface area contributed by atoms with Crippen LogP contribution in [0.1, 0.15) is 11.3 Å². The minimum atomic E-state index is -4.41. The Morgan fingerprint density at radius 1 is 1.36 bits per heavy atom. The number of nitrogens with two attached hydrogens (primary N) is 2. The van der Waals surface area contributed by atoms with E-state index in [2.05, 4.69) is 4.98 Å². The maximum Gasteiger partial charge on any atom is 0.417 e. The van der Waals surface area contributed by atoms with Gasteiger partial charge in [-0.3, -0.25) is 0 Å². The fraction of sp³-hybridized carbons (Fsp3) is 0.154. The van der Waals surface area contributed by atoms with Gasteiger partial charge in [-0.15, -0.1) is 0 Å². The number of alkyl halides is 3.